The lowest BCUT2D eigenvalue weighted by Gasteiger charge is -2.12. The van der Waals surface area contributed by atoms with Crippen molar-refractivity contribution in [3.8, 4) is 11.5 Å². The average molecular weight is 509 g/mol. The molecule has 0 aliphatic rings. The Bertz CT molecular complexity index is 557. The number of alkyl halides is 2. The smallest absolute Gasteiger partial charge is 0.305 e. The van der Waals surface area contributed by atoms with Crippen molar-refractivity contribution < 1.29 is 23.8 Å². The van der Waals surface area contributed by atoms with E-state index in [1.54, 1.807) is 25.1 Å². The topological polar surface area (TPSA) is 73.9 Å². The molecule has 0 heterocycles. The Morgan fingerprint density at radius 1 is 0.963 bits per heavy atom. The molecule has 0 fully saturated rings. The van der Waals surface area contributed by atoms with E-state index in [1.807, 2.05) is 0 Å². The number of benzene rings is 1. The minimum absolute atomic E-state index is 0.169. The van der Waals surface area contributed by atoms with Gasteiger partial charge < -0.3 is 19.5 Å². The summed E-state index contributed by atoms with van der Waals surface area (Å²) in [6.07, 6.45) is 2.84. The molecule has 0 aromatic heterocycles. The van der Waals surface area contributed by atoms with E-state index >= 15 is 0 Å². The summed E-state index contributed by atoms with van der Waals surface area (Å²) in [5.41, 5.74) is 0.498. The van der Waals surface area contributed by atoms with Gasteiger partial charge in [-0.05, 0) is 31.9 Å². The Balaban J connectivity index is 2.48. The number of nitrogens with one attached hydrogen (secondary N) is 1. The molecule has 152 valence electrons. The van der Waals surface area contributed by atoms with E-state index in [4.69, 9.17) is 14.2 Å². The summed E-state index contributed by atoms with van der Waals surface area (Å²) in [4.78, 5) is 23.7. The van der Waals surface area contributed by atoms with Crippen LogP contribution in [0.5, 0.6) is 11.5 Å². The van der Waals surface area contributed by atoms with Gasteiger partial charge in [0.05, 0.1) is 19.8 Å². The maximum Gasteiger partial charge on any atom is 0.305 e. The predicted octanol–water partition coefficient (Wildman–Crippen LogP) is 4.09. The third-order valence-corrected chi connectivity index (χ3v) is 4.13. The van der Waals surface area contributed by atoms with Gasteiger partial charge in [0.2, 0.25) is 0 Å². The van der Waals surface area contributed by atoms with Gasteiger partial charge in [-0.1, -0.05) is 38.3 Å². The zero-order valence-electron chi connectivity index (χ0n) is 15.6. The summed E-state index contributed by atoms with van der Waals surface area (Å²) < 4.78 is 16.1. The third kappa shape index (κ3) is 10.6. The van der Waals surface area contributed by atoms with Gasteiger partial charge >= 0.3 is 5.97 Å². The number of halogens is 2. The standard InChI is InChI=1S/C19H27Br2NO5/c1-2-25-18(23)6-4-3-5-9-22-19(24)15-12-16(26-10-7-20)14-17(13-15)27-11-8-21/h12-14H,2-11H2,1H3,(H,22,24). The van der Waals surface area contributed by atoms with Gasteiger partial charge in [0.1, 0.15) is 11.5 Å². The van der Waals surface area contributed by atoms with Crippen LogP contribution >= 0.6 is 31.9 Å². The van der Waals surface area contributed by atoms with E-state index in [0.29, 0.717) is 60.5 Å². The van der Waals surface area contributed by atoms with Crippen LogP contribution in [0.4, 0.5) is 0 Å². The molecule has 6 nitrogen and oxygen atoms in total. The van der Waals surface area contributed by atoms with Crippen LogP contribution in [0, 0.1) is 0 Å². The molecule has 0 unspecified atom stereocenters. The van der Waals surface area contributed by atoms with E-state index < -0.39 is 0 Å². The maximum absolute atomic E-state index is 12.4. The monoisotopic (exact) mass is 507 g/mol. The highest BCUT2D eigenvalue weighted by Gasteiger charge is 2.10. The van der Waals surface area contributed by atoms with Crippen molar-refractivity contribution in [2.24, 2.45) is 0 Å². The number of esters is 1. The summed E-state index contributed by atoms with van der Waals surface area (Å²) in [5, 5.41) is 4.30. The molecule has 0 bridgehead atoms. The fraction of sp³-hybridized carbons (Fsp3) is 0.579. The quantitative estimate of drug-likeness (QED) is 0.233. The first kappa shape index (κ1) is 23.8. The molecule has 0 saturated heterocycles. The van der Waals surface area contributed by atoms with Crippen LogP contribution in [0.2, 0.25) is 0 Å². The number of amides is 1. The van der Waals surface area contributed by atoms with Gasteiger partial charge in [-0.3, -0.25) is 9.59 Å². The second-order valence-electron chi connectivity index (χ2n) is 5.64. The van der Waals surface area contributed by atoms with Crippen molar-refractivity contribution in [3.05, 3.63) is 23.8 Å². The molecule has 1 aromatic rings. The first-order valence-electron chi connectivity index (χ1n) is 9.07. The van der Waals surface area contributed by atoms with Crippen molar-refractivity contribution >= 4 is 43.7 Å². The molecule has 0 atom stereocenters. The molecule has 1 N–H and O–H groups in total. The van der Waals surface area contributed by atoms with Gasteiger partial charge in [-0.15, -0.1) is 0 Å². The van der Waals surface area contributed by atoms with Gasteiger partial charge in [-0.2, -0.15) is 0 Å². The third-order valence-electron chi connectivity index (χ3n) is 3.48. The van der Waals surface area contributed by atoms with E-state index in [1.165, 1.54) is 0 Å². The van der Waals surface area contributed by atoms with Crippen molar-refractivity contribution in [1.29, 1.82) is 0 Å². The van der Waals surface area contributed by atoms with Gasteiger partial charge in [-0.25, -0.2) is 0 Å². The van der Waals surface area contributed by atoms with Gasteiger partial charge in [0.25, 0.3) is 5.91 Å². The second kappa shape index (κ2) is 14.7. The zero-order valence-corrected chi connectivity index (χ0v) is 18.8. The Labute approximate surface area is 177 Å². The van der Waals surface area contributed by atoms with Crippen molar-refractivity contribution in [2.75, 3.05) is 37.0 Å². The molecule has 0 aliphatic heterocycles. The lowest BCUT2D eigenvalue weighted by Crippen LogP contribution is -2.24. The maximum atomic E-state index is 12.4. The Kier molecular flexibility index (Phi) is 13.0. The van der Waals surface area contributed by atoms with Crippen LogP contribution < -0.4 is 14.8 Å². The molecule has 0 spiro atoms. The Morgan fingerprint density at radius 3 is 2.15 bits per heavy atom. The minimum atomic E-state index is -0.173. The van der Waals surface area contributed by atoms with Crippen molar-refractivity contribution in [3.63, 3.8) is 0 Å². The SMILES string of the molecule is CCOC(=O)CCCCCNC(=O)c1cc(OCCBr)cc(OCCBr)c1. The molecule has 1 amide bonds. The van der Waals surface area contributed by atoms with Gasteiger partial charge in [0, 0.05) is 35.3 Å². The lowest BCUT2D eigenvalue weighted by atomic mass is 10.1. The van der Waals surface area contributed by atoms with Crippen LogP contribution in [-0.4, -0.2) is 48.9 Å². The molecular weight excluding hydrogens is 482 g/mol. The summed E-state index contributed by atoms with van der Waals surface area (Å²) >= 11 is 6.63. The van der Waals surface area contributed by atoms with Crippen LogP contribution in [0.3, 0.4) is 0 Å². The number of carbonyl (C=O) groups excluding carboxylic acids is 2. The molecule has 1 rings (SSSR count). The molecule has 8 heteroatoms. The Morgan fingerprint density at radius 2 is 1.59 bits per heavy atom. The lowest BCUT2D eigenvalue weighted by molar-refractivity contribution is -0.143. The number of unbranched alkanes of at least 4 members (excludes halogenated alkanes) is 2. The summed E-state index contributed by atoms with van der Waals surface area (Å²) in [6, 6.07) is 5.19. The van der Waals surface area contributed by atoms with E-state index in [2.05, 4.69) is 37.2 Å². The predicted molar refractivity (Wildman–Crippen MR) is 112 cm³/mol. The summed E-state index contributed by atoms with van der Waals surface area (Å²) in [5.74, 6) is 0.855. The average Bonchev–Trinajstić information content (AvgIpc) is 2.67. The number of rotatable bonds is 14. The molecule has 27 heavy (non-hydrogen) atoms. The van der Waals surface area contributed by atoms with Gasteiger partial charge in [0.15, 0.2) is 0 Å². The van der Waals surface area contributed by atoms with Crippen LogP contribution in [0.15, 0.2) is 18.2 Å². The molecular formula is C19H27Br2NO5. The van der Waals surface area contributed by atoms with Crippen molar-refractivity contribution in [2.45, 2.75) is 32.6 Å². The molecule has 0 radical (unpaired) electrons. The van der Waals surface area contributed by atoms with Crippen LogP contribution in [0.1, 0.15) is 43.0 Å². The number of ether oxygens (including phenoxy) is 3. The molecule has 1 aromatic carbocycles. The van der Waals surface area contributed by atoms with Crippen molar-refractivity contribution in [1.82, 2.24) is 5.32 Å². The first-order chi connectivity index (χ1) is 13.1. The molecule has 0 saturated carbocycles. The minimum Gasteiger partial charge on any atom is -0.493 e. The zero-order chi connectivity index (χ0) is 19.9. The fourth-order valence-electron chi connectivity index (χ4n) is 2.29. The normalized spacial score (nSPS) is 10.3. The van der Waals surface area contributed by atoms with E-state index in [9.17, 15) is 9.59 Å². The molecule has 0 aliphatic carbocycles. The van der Waals surface area contributed by atoms with Crippen LogP contribution in [0.25, 0.3) is 0 Å². The highest BCUT2D eigenvalue weighted by atomic mass is 79.9. The van der Waals surface area contributed by atoms with E-state index in [-0.39, 0.29) is 11.9 Å². The number of hydrogen-bond acceptors (Lipinski definition) is 5. The largest absolute Gasteiger partial charge is 0.493 e. The highest BCUT2D eigenvalue weighted by Crippen LogP contribution is 2.23. The van der Waals surface area contributed by atoms with Crippen LogP contribution in [-0.2, 0) is 9.53 Å². The highest BCUT2D eigenvalue weighted by molar-refractivity contribution is 9.09. The summed E-state index contributed by atoms with van der Waals surface area (Å²) in [6.45, 7) is 3.76. The number of hydrogen-bond donors (Lipinski definition) is 1. The van der Waals surface area contributed by atoms with E-state index in [0.717, 1.165) is 19.3 Å². The number of carbonyl (C=O) groups is 2. The first-order valence-corrected chi connectivity index (χ1v) is 11.3. The second-order valence-corrected chi connectivity index (χ2v) is 7.23. The summed E-state index contributed by atoms with van der Waals surface area (Å²) in [7, 11) is 0. The fourth-order valence-corrected chi connectivity index (χ4v) is 2.61. The Hall–Kier alpha value is -1.28.